The molecule has 0 saturated carbocycles. The molecule has 0 bridgehead atoms. The van der Waals surface area contributed by atoms with E-state index in [1.165, 1.54) is 7.11 Å². The summed E-state index contributed by atoms with van der Waals surface area (Å²) in [4.78, 5) is 26.1. The molecule has 1 unspecified atom stereocenters. The fourth-order valence-corrected chi connectivity index (χ4v) is 4.15. The highest BCUT2D eigenvalue weighted by molar-refractivity contribution is 5.98. The van der Waals surface area contributed by atoms with Crippen molar-refractivity contribution in [3.05, 3.63) is 33.9 Å². The number of rotatable bonds is 10. The first-order valence-electron chi connectivity index (χ1n) is 11.2. The number of hydrogen-bond acceptors (Lipinski definition) is 9. The van der Waals surface area contributed by atoms with Crippen LogP contribution in [-0.2, 0) is 32.0 Å². The number of esters is 2. The normalized spacial score (nSPS) is 18.7. The topological polar surface area (TPSA) is 115 Å². The molecule has 1 saturated heterocycles. The highest BCUT2D eigenvalue weighted by Crippen LogP contribution is 2.42. The number of hydrogen-bond donors (Lipinski definition) is 2. The molecule has 0 aliphatic carbocycles. The Balaban J connectivity index is 1.49. The third kappa shape index (κ3) is 6.04. The number of cyclic esters (lactones) is 1. The predicted octanol–water partition coefficient (Wildman–Crippen LogP) is 1.88. The summed E-state index contributed by atoms with van der Waals surface area (Å²) in [5.41, 5.74) is 3.54. The third-order valence-corrected chi connectivity index (χ3v) is 6.16. The Labute approximate surface area is 193 Å². The van der Waals surface area contributed by atoms with Crippen molar-refractivity contribution in [1.29, 1.82) is 0 Å². The van der Waals surface area contributed by atoms with Gasteiger partial charge in [-0.15, -0.1) is 0 Å². The van der Waals surface area contributed by atoms with Crippen molar-refractivity contribution < 1.29 is 38.7 Å². The number of aliphatic hydroxyl groups is 1. The van der Waals surface area contributed by atoms with Crippen LogP contribution in [0.15, 0.2) is 11.6 Å². The minimum absolute atomic E-state index is 0.00965. The Morgan fingerprint density at radius 1 is 1.33 bits per heavy atom. The maximum absolute atomic E-state index is 12.1. The molecule has 0 radical (unpaired) electrons. The number of aromatic hydroxyl groups is 1. The Hall–Kier alpha value is -2.62. The second kappa shape index (κ2) is 11.5. The molecule has 2 aliphatic heterocycles. The van der Waals surface area contributed by atoms with Crippen molar-refractivity contribution in [3.8, 4) is 11.5 Å². The molecule has 1 fully saturated rings. The third-order valence-electron chi connectivity index (χ3n) is 6.16. The van der Waals surface area contributed by atoms with E-state index in [-0.39, 0.29) is 48.8 Å². The molecule has 0 amide bonds. The van der Waals surface area contributed by atoms with Gasteiger partial charge in [-0.25, -0.2) is 4.79 Å². The number of benzene rings is 1. The summed E-state index contributed by atoms with van der Waals surface area (Å²) in [5.74, 6) is -0.701. The Morgan fingerprint density at radius 3 is 2.85 bits per heavy atom. The smallest absolute Gasteiger partial charge is 0.342 e. The van der Waals surface area contributed by atoms with Crippen LogP contribution in [0.25, 0.3) is 0 Å². The lowest BCUT2D eigenvalue weighted by Gasteiger charge is -2.31. The van der Waals surface area contributed by atoms with Crippen LogP contribution in [0.5, 0.6) is 11.5 Å². The molecule has 2 N–H and O–H groups in total. The SMILES string of the molecule is COc1c(O)c2c(c(C)c1C/C=C(\C)CCC(=O)OCCN1CCOC(CO)C1)COC2=O. The quantitative estimate of drug-likeness (QED) is 0.396. The minimum atomic E-state index is -0.539. The minimum Gasteiger partial charge on any atom is -0.504 e. The number of ether oxygens (including phenoxy) is 4. The number of phenols is 1. The zero-order valence-electron chi connectivity index (χ0n) is 19.5. The van der Waals surface area contributed by atoms with Crippen molar-refractivity contribution >= 4 is 11.9 Å². The molecule has 33 heavy (non-hydrogen) atoms. The monoisotopic (exact) mass is 463 g/mol. The second-order valence-electron chi connectivity index (χ2n) is 8.37. The Bertz CT molecular complexity index is 910. The molecule has 2 heterocycles. The summed E-state index contributed by atoms with van der Waals surface area (Å²) in [6, 6.07) is 0. The predicted molar refractivity (Wildman–Crippen MR) is 119 cm³/mol. The van der Waals surface area contributed by atoms with Crippen molar-refractivity contribution in [3.63, 3.8) is 0 Å². The highest BCUT2D eigenvalue weighted by atomic mass is 16.5. The summed E-state index contributed by atoms with van der Waals surface area (Å²) in [5, 5.41) is 19.7. The number of nitrogens with zero attached hydrogens (tertiary/aromatic N) is 1. The summed E-state index contributed by atoms with van der Waals surface area (Å²) in [6.07, 6.45) is 3.14. The molecular formula is C24H33NO8. The number of methoxy groups -OCH3 is 1. The Morgan fingerprint density at radius 2 is 2.12 bits per heavy atom. The van der Waals surface area contributed by atoms with Crippen LogP contribution >= 0.6 is 0 Å². The summed E-state index contributed by atoms with van der Waals surface area (Å²) in [7, 11) is 1.46. The highest BCUT2D eigenvalue weighted by Gasteiger charge is 2.32. The number of aliphatic hydroxyl groups excluding tert-OH is 1. The standard InChI is InChI=1S/C24H33NO8/c1-15(5-7-20(27)32-11-9-25-8-10-31-17(12-25)13-26)4-6-18-16(2)19-14-33-24(29)21(19)22(28)23(18)30-3/h4,17,26,28H,5-14H2,1-3H3/b15-4+. The van der Waals surface area contributed by atoms with Crippen LogP contribution < -0.4 is 4.74 Å². The van der Waals surface area contributed by atoms with E-state index in [2.05, 4.69) is 4.90 Å². The van der Waals surface area contributed by atoms with Crippen LogP contribution in [0.4, 0.5) is 0 Å². The number of carbonyl (C=O) groups is 2. The lowest BCUT2D eigenvalue weighted by Crippen LogP contribution is -2.45. The maximum Gasteiger partial charge on any atom is 0.342 e. The van der Waals surface area contributed by atoms with Gasteiger partial charge in [0.15, 0.2) is 11.5 Å². The molecular weight excluding hydrogens is 430 g/mol. The average molecular weight is 464 g/mol. The maximum atomic E-state index is 12.1. The van der Waals surface area contributed by atoms with Gasteiger partial charge in [0.1, 0.15) is 18.8 Å². The van der Waals surface area contributed by atoms with E-state index in [1.807, 2.05) is 19.9 Å². The van der Waals surface area contributed by atoms with Crippen molar-refractivity contribution in [2.24, 2.45) is 0 Å². The number of phenolic OH excluding ortho intramolecular Hbond substituents is 1. The van der Waals surface area contributed by atoms with Crippen LogP contribution in [0, 0.1) is 6.92 Å². The molecule has 9 heteroatoms. The second-order valence-corrected chi connectivity index (χ2v) is 8.37. The van der Waals surface area contributed by atoms with Gasteiger partial charge in [-0.2, -0.15) is 0 Å². The van der Waals surface area contributed by atoms with Gasteiger partial charge in [0, 0.05) is 37.2 Å². The zero-order valence-corrected chi connectivity index (χ0v) is 19.5. The molecule has 2 aliphatic rings. The van der Waals surface area contributed by atoms with E-state index in [0.717, 1.165) is 23.2 Å². The van der Waals surface area contributed by atoms with Gasteiger partial charge in [-0.05, 0) is 32.3 Å². The van der Waals surface area contributed by atoms with E-state index in [9.17, 15) is 19.8 Å². The van der Waals surface area contributed by atoms with Crippen molar-refractivity contribution in [1.82, 2.24) is 4.90 Å². The molecule has 0 aromatic heterocycles. The van der Waals surface area contributed by atoms with E-state index < -0.39 is 5.97 Å². The van der Waals surface area contributed by atoms with Gasteiger partial charge in [0.2, 0.25) is 0 Å². The largest absolute Gasteiger partial charge is 0.504 e. The molecule has 182 valence electrons. The van der Waals surface area contributed by atoms with Gasteiger partial charge in [-0.3, -0.25) is 9.69 Å². The van der Waals surface area contributed by atoms with Crippen molar-refractivity contribution in [2.45, 2.75) is 45.8 Å². The average Bonchev–Trinajstić information content (AvgIpc) is 3.21. The van der Waals surface area contributed by atoms with Crippen LogP contribution in [0.3, 0.4) is 0 Å². The van der Waals surface area contributed by atoms with Crippen LogP contribution in [-0.4, -0.2) is 79.7 Å². The van der Waals surface area contributed by atoms with Gasteiger partial charge in [0.25, 0.3) is 0 Å². The summed E-state index contributed by atoms with van der Waals surface area (Å²) >= 11 is 0. The molecule has 0 spiro atoms. The zero-order chi connectivity index (χ0) is 24.0. The first-order chi connectivity index (χ1) is 15.8. The molecule has 1 atom stereocenters. The molecule has 9 nitrogen and oxygen atoms in total. The number of fused-ring (bicyclic) bond motifs is 1. The van der Waals surface area contributed by atoms with E-state index in [1.54, 1.807) is 0 Å². The van der Waals surface area contributed by atoms with E-state index in [4.69, 9.17) is 18.9 Å². The van der Waals surface area contributed by atoms with Crippen LogP contribution in [0.1, 0.15) is 46.8 Å². The van der Waals surface area contributed by atoms with Gasteiger partial charge in [-0.1, -0.05) is 11.6 Å². The lowest BCUT2D eigenvalue weighted by atomic mass is 9.93. The van der Waals surface area contributed by atoms with E-state index in [0.29, 0.717) is 44.7 Å². The fourth-order valence-electron chi connectivity index (χ4n) is 4.15. The fraction of sp³-hybridized carbons (Fsp3) is 0.583. The first-order valence-corrected chi connectivity index (χ1v) is 11.2. The van der Waals surface area contributed by atoms with Crippen molar-refractivity contribution in [2.75, 3.05) is 46.6 Å². The number of allylic oxidation sites excluding steroid dienone is 2. The lowest BCUT2D eigenvalue weighted by molar-refractivity contribution is -0.144. The number of morpholine rings is 1. The molecule has 3 rings (SSSR count). The van der Waals surface area contributed by atoms with E-state index >= 15 is 0 Å². The van der Waals surface area contributed by atoms with Crippen LogP contribution in [0.2, 0.25) is 0 Å². The molecule has 1 aromatic carbocycles. The first kappa shape index (κ1) is 25.0. The van der Waals surface area contributed by atoms with Gasteiger partial charge < -0.3 is 29.2 Å². The summed E-state index contributed by atoms with van der Waals surface area (Å²) in [6.45, 7) is 6.86. The van der Waals surface area contributed by atoms with Gasteiger partial charge in [0.05, 0.1) is 26.4 Å². The Kier molecular flexibility index (Phi) is 8.71. The summed E-state index contributed by atoms with van der Waals surface area (Å²) < 4.78 is 21.2. The van der Waals surface area contributed by atoms with Gasteiger partial charge >= 0.3 is 11.9 Å². The molecule has 1 aromatic rings. The number of carbonyl (C=O) groups excluding carboxylic acids is 2.